The van der Waals surface area contributed by atoms with Gasteiger partial charge in [-0.05, 0) is 54.7 Å². The maximum Gasteiger partial charge on any atom is 0.156 e. The summed E-state index contributed by atoms with van der Waals surface area (Å²) in [6, 6.07) is -0.00470. The third-order valence-electron chi connectivity index (χ3n) is 5.39. The molecule has 1 fully saturated rings. The molecule has 2 nitrogen and oxygen atoms in total. The molecule has 120 valence electrons. The fraction of sp³-hybridized carbons (Fsp3) is 0.421. The molecule has 0 bridgehead atoms. The average molecular weight is 376 g/mol. The smallest absolute Gasteiger partial charge is 0.156 e. The van der Waals surface area contributed by atoms with Crippen LogP contribution in [0.15, 0.2) is 57.7 Å². The molecule has 0 radical (unpaired) electrons. The van der Waals surface area contributed by atoms with Gasteiger partial charge in [0.25, 0.3) is 0 Å². The summed E-state index contributed by atoms with van der Waals surface area (Å²) < 4.78 is 15.6. The number of halogens is 2. The topological polar surface area (TPSA) is 29.1 Å². The van der Waals surface area contributed by atoms with Gasteiger partial charge in [-0.3, -0.25) is 10.1 Å². The van der Waals surface area contributed by atoms with Crippen molar-refractivity contribution in [1.29, 1.82) is 0 Å². The number of nitrogens with one attached hydrogen (secondary N) is 1. The summed E-state index contributed by atoms with van der Waals surface area (Å²) in [7, 11) is 0. The number of carbonyl (C=O) groups is 1. The van der Waals surface area contributed by atoms with Crippen molar-refractivity contribution >= 4 is 21.7 Å². The van der Waals surface area contributed by atoms with Crippen LogP contribution in [0.1, 0.15) is 26.2 Å². The van der Waals surface area contributed by atoms with Crippen molar-refractivity contribution in [2.75, 3.05) is 0 Å². The Balaban J connectivity index is 1.82. The molecule has 4 aliphatic rings. The van der Waals surface area contributed by atoms with E-state index in [1.54, 1.807) is 12.2 Å². The average Bonchev–Trinajstić information content (AvgIpc) is 2.91. The highest BCUT2D eigenvalue weighted by Gasteiger charge is 2.51. The van der Waals surface area contributed by atoms with Crippen LogP contribution in [-0.2, 0) is 4.79 Å². The van der Waals surface area contributed by atoms with E-state index in [4.69, 9.17) is 0 Å². The van der Waals surface area contributed by atoms with E-state index in [9.17, 15) is 9.18 Å². The van der Waals surface area contributed by atoms with E-state index in [1.165, 1.54) is 5.57 Å². The van der Waals surface area contributed by atoms with Crippen LogP contribution in [0.4, 0.5) is 4.39 Å². The first-order chi connectivity index (χ1) is 11.0. The van der Waals surface area contributed by atoms with Gasteiger partial charge in [0.15, 0.2) is 5.78 Å². The van der Waals surface area contributed by atoms with E-state index in [-0.39, 0.29) is 17.7 Å². The van der Waals surface area contributed by atoms with Crippen LogP contribution in [0.2, 0.25) is 0 Å². The first-order valence-corrected chi connectivity index (χ1v) is 8.91. The lowest BCUT2D eigenvalue weighted by molar-refractivity contribution is -0.114. The second-order valence-corrected chi connectivity index (χ2v) is 7.81. The standard InChI is InChI=1S/C19H19BrFNO/c1-19-16(7-12(20)8-17(19)21)14-9-13(23)10-15(14)18(22-19)11-5-3-2-4-6-11/h3,5-9,15,17-18,22H,2,4,10H2,1H3/t15-,17?,18+,19?/m1/s1. The Morgan fingerprint density at radius 3 is 2.91 bits per heavy atom. The molecule has 0 amide bonds. The van der Waals surface area contributed by atoms with Gasteiger partial charge in [-0.15, -0.1) is 0 Å². The van der Waals surface area contributed by atoms with Gasteiger partial charge in [-0.1, -0.05) is 34.2 Å². The van der Waals surface area contributed by atoms with Crippen LogP contribution < -0.4 is 5.32 Å². The van der Waals surface area contributed by atoms with E-state index in [2.05, 4.69) is 39.5 Å². The Morgan fingerprint density at radius 1 is 1.35 bits per heavy atom. The van der Waals surface area contributed by atoms with Gasteiger partial charge >= 0.3 is 0 Å². The second kappa shape index (κ2) is 5.38. The number of hydrogen-bond donors (Lipinski definition) is 1. The normalized spacial score (nSPS) is 39.1. The molecule has 0 aromatic carbocycles. The van der Waals surface area contributed by atoms with Gasteiger partial charge in [0.2, 0.25) is 0 Å². The highest BCUT2D eigenvalue weighted by Crippen LogP contribution is 2.48. The quantitative estimate of drug-likeness (QED) is 0.748. The lowest BCUT2D eigenvalue weighted by Gasteiger charge is -2.49. The molecule has 4 atom stereocenters. The molecule has 23 heavy (non-hydrogen) atoms. The predicted molar refractivity (Wildman–Crippen MR) is 93.0 cm³/mol. The summed E-state index contributed by atoms with van der Waals surface area (Å²) in [4.78, 5) is 12.1. The number of carbonyl (C=O) groups excluding carboxylic acids is 1. The molecule has 2 unspecified atom stereocenters. The van der Waals surface area contributed by atoms with Crippen LogP contribution in [-0.4, -0.2) is 23.5 Å². The molecular formula is C19H19BrFNO. The summed E-state index contributed by atoms with van der Waals surface area (Å²) >= 11 is 3.40. The second-order valence-electron chi connectivity index (χ2n) is 6.90. The van der Waals surface area contributed by atoms with Crippen molar-refractivity contribution in [2.24, 2.45) is 5.92 Å². The number of piperidine rings is 1. The van der Waals surface area contributed by atoms with E-state index in [0.717, 1.165) is 28.5 Å². The zero-order valence-electron chi connectivity index (χ0n) is 13.0. The molecule has 1 N–H and O–H groups in total. The van der Waals surface area contributed by atoms with Gasteiger partial charge in [0, 0.05) is 22.9 Å². The Morgan fingerprint density at radius 2 is 2.17 bits per heavy atom. The zero-order valence-corrected chi connectivity index (χ0v) is 14.6. The molecule has 4 rings (SSSR count). The highest BCUT2D eigenvalue weighted by atomic mass is 79.9. The van der Waals surface area contributed by atoms with Crippen molar-refractivity contribution in [2.45, 2.75) is 43.9 Å². The van der Waals surface area contributed by atoms with Crippen LogP contribution in [0, 0.1) is 5.92 Å². The van der Waals surface area contributed by atoms with Crippen molar-refractivity contribution in [3.63, 3.8) is 0 Å². The molecule has 0 saturated carbocycles. The van der Waals surface area contributed by atoms with Crippen LogP contribution >= 0.6 is 15.9 Å². The van der Waals surface area contributed by atoms with Crippen molar-refractivity contribution in [3.05, 3.63) is 57.7 Å². The molecule has 0 aromatic heterocycles. The van der Waals surface area contributed by atoms with Crippen LogP contribution in [0.25, 0.3) is 0 Å². The molecule has 1 heterocycles. The molecule has 4 heteroatoms. The Hall–Kier alpha value is -1.26. The fourth-order valence-corrected chi connectivity index (χ4v) is 4.64. The van der Waals surface area contributed by atoms with Gasteiger partial charge in [-0.25, -0.2) is 4.39 Å². The summed E-state index contributed by atoms with van der Waals surface area (Å²) in [6.07, 6.45) is 13.2. The number of rotatable bonds is 1. The molecule has 0 spiro atoms. The minimum atomic E-state index is -1.13. The van der Waals surface area contributed by atoms with Gasteiger partial charge in [-0.2, -0.15) is 0 Å². The number of hydrogen-bond acceptors (Lipinski definition) is 2. The Bertz CT molecular complexity index is 730. The predicted octanol–water partition coefficient (Wildman–Crippen LogP) is 4.07. The van der Waals surface area contributed by atoms with Gasteiger partial charge in [0.05, 0.1) is 5.54 Å². The van der Waals surface area contributed by atoms with Gasteiger partial charge < -0.3 is 0 Å². The maximum atomic E-state index is 14.9. The third kappa shape index (κ3) is 2.34. The monoisotopic (exact) mass is 375 g/mol. The maximum absolute atomic E-state index is 14.9. The summed E-state index contributed by atoms with van der Waals surface area (Å²) in [5.41, 5.74) is 2.31. The molecule has 0 aromatic rings. The van der Waals surface area contributed by atoms with E-state index in [1.807, 2.05) is 13.0 Å². The largest absolute Gasteiger partial charge is 0.297 e. The summed E-state index contributed by atoms with van der Waals surface area (Å²) in [6.45, 7) is 1.90. The van der Waals surface area contributed by atoms with Crippen molar-refractivity contribution in [1.82, 2.24) is 5.32 Å². The van der Waals surface area contributed by atoms with Crippen molar-refractivity contribution < 1.29 is 9.18 Å². The Labute approximate surface area is 144 Å². The van der Waals surface area contributed by atoms with E-state index in [0.29, 0.717) is 6.42 Å². The minimum absolute atomic E-state index is 0.00470. The van der Waals surface area contributed by atoms with E-state index < -0.39 is 11.7 Å². The molecule has 1 aliphatic heterocycles. The molecule has 3 aliphatic carbocycles. The lowest BCUT2D eigenvalue weighted by atomic mass is 9.68. The molecule has 1 saturated heterocycles. The SMILES string of the molecule is CC12N[C@@H](C3=CCCC=C3)[C@@H]3CC(=O)C=C3C1=CC(Br)=CC2F. The minimum Gasteiger partial charge on any atom is -0.297 e. The van der Waals surface area contributed by atoms with Gasteiger partial charge in [0.1, 0.15) is 6.17 Å². The summed E-state index contributed by atoms with van der Waals surface area (Å²) in [5.74, 6) is 0.241. The van der Waals surface area contributed by atoms with E-state index >= 15 is 0 Å². The van der Waals surface area contributed by atoms with Crippen molar-refractivity contribution in [3.8, 4) is 0 Å². The number of allylic oxidation sites excluding steroid dienone is 5. The summed E-state index contributed by atoms with van der Waals surface area (Å²) in [5, 5.41) is 3.54. The third-order valence-corrected chi connectivity index (χ3v) is 5.88. The number of ketones is 1. The first-order valence-electron chi connectivity index (χ1n) is 8.12. The van der Waals surface area contributed by atoms with Crippen LogP contribution in [0.5, 0.6) is 0 Å². The first kappa shape index (κ1) is 15.3. The number of alkyl halides is 1. The highest BCUT2D eigenvalue weighted by molar-refractivity contribution is 9.11. The zero-order chi connectivity index (χ0) is 16.2. The fourth-order valence-electron chi connectivity index (χ4n) is 4.18. The molecular weight excluding hydrogens is 357 g/mol. The Kier molecular flexibility index (Phi) is 3.58. The lowest BCUT2D eigenvalue weighted by Crippen LogP contribution is -2.62. The van der Waals surface area contributed by atoms with Crippen LogP contribution in [0.3, 0.4) is 0 Å². The number of fused-ring (bicyclic) bond motifs is 3.